The molecule has 9 heteroatoms. The Morgan fingerprint density at radius 3 is 3.09 bits per heavy atom. The van der Waals surface area contributed by atoms with Crippen LogP contribution in [0.15, 0.2) is 5.38 Å². The average Bonchev–Trinajstić information content (AvgIpc) is 2.98. The minimum absolute atomic E-state index is 0.0905. The van der Waals surface area contributed by atoms with Gasteiger partial charge in [-0.2, -0.15) is 0 Å². The fourth-order valence-electron chi connectivity index (χ4n) is 3.07. The molecule has 1 N–H and O–H groups in total. The van der Waals surface area contributed by atoms with Gasteiger partial charge in [-0.15, -0.1) is 11.3 Å². The quantitative estimate of drug-likeness (QED) is 0.806. The maximum Gasteiger partial charge on any atom is 0.209 e. The second-order valence-electron chi connectivity index (χ2n) is 5.77. The van der Waals surface area contributed by atoms with Crippen molar-refractivity contribution in [3.05, 3.63) is 16.1 Å². The first kappa shape index (κ1) is 16.3. The van der Waals surface area contributed by atoms with E-state index in [0.29, 0.717) is 26.4 Å². The largest absolute Gasteiger partial charge is 0.378 e. The molecular weight excluding hydrogens is 326 g/mol. The molecule has 3 unspecified atom stereocenters. The van der Waals surface area contributed by atoms with Gasteiger partial charge >= 0.3 is 0 Å². The Labute approximate surface area is 134 Å². The lowest BCUT2D eigenvalue weighted by atomic mass is 10.1. The molecule has 2 fully saturated rings. The number of hydrogen-bond acceptors (Lipinski definition) is 7. The molecule has 2 saturated heterocycles. The van der Waals surface area contributed by atoms with Gasteiger partial charge in [0, 0.05) is 18.5 Å². The monoisotopic (exact) mass is 347 g/mol. The molecule has 2 aliphatic heterocycles. The molecule has 3 atom stereocenters. The van der Waals surface area contributed by atoms with Gasteiger partial charge < -0.3 is 9.47 Å². The number of morpholine rings is 1. The number of rotatable bonds is 5. The van der Waals surface area contributed by atoms with Crippen LogP contribution in [0.3, 0.4) is 0 Å². The van der Waals surface area contributed by atoms with Gasteiger partial charge in [-0.25, -0.2) is 18.1 Å². The zero-order valence-electron chi connectivity index (χ0n) is 12.7. The van der Waals surface area contributed by atoms with Crippen molar-refractivity contribution in [3.8, 4) is 0 Å². The van der Waals surface area contributed by atoms with Crippen LogP contribution >= 0.6 is 11.3 Å². The van der Waals surface area contributed by atoms with Crippen LogP contribution in [0.5, 0.6) is 0 Å². The molecule has 0 bridgehead atoms. The minimum Gasteiger partial charge on any atom is -0.378 e. The highest BCUT2D eigenvalue weighted by atomic mass is 32.2. The van der Waals surface area contributed by atoms with Crippen LogP contribution in [0.4, 0.5) is 0 Å². The Hall–Kier alpha value is -0.580. The molecule has 0 saturated carbocycles. The molecule has 0 aliphatic carbocycles. The summed E-state index contributed by atoms with van der Waals surface area (Å²) in [7, 11) is -3.27. The molecule has 3 rings (SSSR count). The summed E-state index contributed by atoms with van der Waals surface area (Å²) < 4.78 is 37.4. The SMILES string of the molecule is Cc1nc(COC2C(NS(C)(=O)=O)CN3CCOCC23)cs1. The van der Waals surface area contributed by atoms with Crippen molar-refractivity contribution in [1.82, 2.24) is 14.6 Å². The van der Waals surface area contributed by atoms with Crippen LogP contribution in [-0.2, 0) is 26.1 Å². The summed E-state index contributed by atoms with van der Waals surface area (Å²) in [5.41, 5.74) is 0.885. The van der Waals surface area contributed by atoms with E-state index >= 15 is 0 Å². The van der Waals surface area contributed by atoms with Crippen molar-refractivity contribution in [2.24, 2.45) is 0 Å². The first-order chi connectivity index (χ1) is 10.4. The lowest BCUT2D eigenvalue weighted by Gasteiger charge is -2.32. The van der Waals surface area contributed by atoms with E-state index < -0.39 is 10.0 Å². The lowest BCUT2D eigenvalue weighted by molar-refractivity contribution is -0.0530. The fourth-order valence-corrected chi connectivity index (χ4v) is 4.43. The number of thiazole rings is 1. The highest BCUT2D eigenvalue weighted by Gasteiger charge is 2.45. The lowest BCUT2D eigenvalue weighted by Crippen LogP contribution is -2.48. The van der Waals surface area contributed by atoms with Gasteiger partial charge in [0.1, 0.15) is 0 Å². The summed E-state index contributed by atoms with van der Waals surface area (Å²) in [6, 6.07) is -0.158. The van der Waals surface area contributed by atoms with E-state index in [4.69, 9.17) is 9.47 Å². The zero-order chi connectivity index (χ0) is 15.7. The Bertz CT molecular complexity index is 619. The maximum absolute atomic E-state index is 11.6. The van der Waals surface area contributed by atoms with Gasteiger partial charge in [0.15, 0.2) is 0 Å². The van der Waals surface area contributed by atoms with E-state index in [1.807, 2.05) is 12.3 Å². The standard InChI is InChI=1S/C13H21N3O4S2/c1-9-14-10(8-21-9)6-20-13-11(15-22(2,17)18)5-16-3-4-19-7-12(13)16/h8,11-13,15H,3-7H2,1-2H3. The molecule has 0 spiro atoms. The predicted molar refractivity (Wildman–Crippen MR) is 83.4 cm³/mol. The van der Waals surface area contributed by atoms with Gasteiger partial charge in [0.2, 0.25) is 10.0 Å². The van der Waals surface area contributed by atoms with Crippen LogP contribution < -0.4 is 4.72 Å². The van der Waals surface area contributed by atoms with Crippen LogP contribution in [0, 0.1) is 6.92 Å². The number of nitrogens with one attached hydrogen (secondary N) is 1. The summed E-state index contributed by atoms with van der Waals surface area (Å²) in [5.74, 6) is 0. The normalized spacial score (nSPS) is 29.6. The van der Waals surface area contributed by atoms with E-state index in [0.717, 1.165) is 17.2 Å². The molecule has 0 aromatic carbocycles. The number of sulfonamides is 1. The van der Waals surface area contributed by atoms with Gasteiger partial charge in [0.05, 0.1) is 55.0 Å². The van der Waals surface area contributed by atoms with Crippen molar-refractivity contribution < 1.29 is 17.9 Å². The van der Waals surface area contributed by atoms with Gasteiger partial charge in [0.25, 0.3) is 0 Å². The molecule has 2 aliphatic rings. The number of fused-ring (bicyclic) bond motifs is 1. The molecule has 0 amide bonds. The third-order valence-corrected chi connectivity index (χ3v) is 5.50. The smallest absolute Gasteiger partial charge is 0.209 e. The van der Waals surface area contributed by atoms with Crippen LogP contribution in [0.2, 0.25) is 0 Å². The Morgan fingerprint density at radius 2 is 2.41 bits per heavy atom. The predicted octanol–water partition coefficient (Wildman–Crippen LogP) is -0.0311. The van der Waals surface area contributed by atoms with E-state index in [1.165, 1.54) is 6.26 Å². The Kier molecular flexibility index (Phi) is 4.81. The summed E-state index contributed by atoms with van der Waals surface area (Å²) in [5, 5.41) is 2.97. The maximum atomic E-state index is 11.6. The van der Waals surface area contributed by atoms with Crippen LogP contribution in [0.1, 0.15) is 10.7 Å². The number of nitrogens with zero attached hydrogens (tertiary/aromatic N) is 2. The third-order valence-electron chi connectivity index (χ3n) is 3.94. The van der Waals surface area contributed by atoms with Crippen molar-refractivity contribution >= 4 is 21.4 Å². The molecule has 7 nitrogen and oxygen atoms in total. The molecule has 1 aromatic rings. The Balaban J connectivity index is 1.70. The first-order valence-corrected chi connectivity index (χ1v) is 10.0. The summed E-state index contributed by atoms with van der Waals surface area (Å²) in [6.45, 7) is 5.06. The zero-order valence-corrected chi connectivity index (χ0v) is 14.3. The molecule has 1 aromatic heterocycles. The van der Waals surface area contributed by atoms with Gasteiger partial charge in [-0.3, -0.25) is 4.90 Å². The third kappa shape index (κ3) is 3.84. The minimum atomic E-state index is -3.27. The van der Waals surface area contributed by atoms with E-state index in [9.17, 15) is 8.42 Å². The summed E-state index contributed by atoms with van der Waals surface area (Å²) in [6.07, 6.45) is 0.957. The van der Waals surface area contributed by atoms with Crippen molar-refractivity contribution in [2.45, 2.75) is 31.7 Å². The van der Waals surface area contributed by atoms with Crippen LogP contribution in [0.25, 0.3) is 0 Å². The van der Waals surface area contributed by atoms with E-state index in [1.54, 1.807) is 11.3 Å². The number of ether oxygens (including phenoxy) is 2. The average molecular weight is 347 g/mol. The van der Waals surface area contributed by atoms with Gasteiger partial charge in [-0.05, 0) is 6.92 Å². The van der Waals surface area contributed by atoms with Crippen molar-refractivity contribution in [1.29, 1.82) is 0 Å². The van der Waals surface area contributed by atoms with Crippen molar-refractivity contribution in [3.63, 3.8) is 0 Å². The second kappa shape index (κ2) is 6.50. The topological polar surface area (TPSA) is 80.8 Å². The fraction of sp³-hybridized carbons (Fsp3) is 0.769. The molecule has 124 valence electrons. The first-order valence-electron chi connectivity index (χ1n) is 7.24. The number of aryl methyl sites for hydroxylation is 1. The molecule has 3 heterocycles. The molecule has 0 radical (unpaired) electrons. The van der Waals surface area contributed by atoms with Crippen molar-refractivity contribution in [2.75, 3.05) is 32.6 Å². The number of hydrogen-bond donors (Lipinski definition) is 1. The highest BCUT2D eigenvalue weighted by Crippen LogP contribution is 2.25. The highest BCUT2D eigenvalue weighted by molar-refractivity contribution is 7.88. The Morgan fingerprint density at radius 1 is 1.59 bits per heavy atom. The molecular formula is C13H21N3O4S2. The summed E-state index contributed by atoms with van der Waals surface area (Å²) >= 11 is 1.58. The number of aromatic nitrogens is 1. The second-order valence-corrected chi connectivity index (χ2v) is 8.61. The summed E-state index contributed by atoms with van der Waals surface area (Å²) in [4.78, 5) is 6.62. The molecule has 22 heavy (non-hydrogen) atoms. The van der Waals surface area contributed by atoms with E-state index in [-0.39, 0.29) is 18.2 Å². The van der Waals surface area contributed by atoms with E-state index in [2.05, 4.69) is 14.6 Å². The van der Waals surface area contributed by atoms with Gasteiger partial charge in [-0.1, -0.05) is 0 Å². The van der Waals surface area contributed by atoms with Crippen LogP contribution in [-0.4, -0.2) is 69.0 Å².